The molecule has 7 nitrogen and oxygen atoms in total. The van der Waals surface area contributed by atoms with Crippen LogP contribution in [0.5, 0.6) is 0 Å². The van der Waals surface area contributed by atoms with Gasteiger partial charge in [-0.2, -0.15) is 0 Å². The summed E-state index contributed by atoms with van der Waals surface area (Å²) in [7, 11) is -3.59. The lowest BCUT2D eigenvalue weighted by atomic mass is 10.1. The van der Waals surface area contributed by atoms with Crippen molar-refractivity contribution in [2.75, 3.05) is 43.3 Å². The lowest BCUT2D eigenvalue weighted by Crippen LogP contribution is -2.51. The molecule has 0 N–H and O–H groups in total. The van der Waals surface area contributed by atoms with Crippen LogP contribution in [0, 0.1) is 13.8 Å². The number of carbonyl (C=O) groups is 2. The van der Waals surface area contributed by atoms with Gasteiger partial charge in [-0.1, -0.05) is 18.2 Å². The Bertz CT molecular complexity index is 705. The second-order valence-electron chi connectivity index (χ2n) is 6.03. The van der Waals surface area contributed by atoms with Crippen LogP contribution in [0.1, 0.15) is 11.1 Å². The predicted octanol–water partition coefficient (Wildman–Crippen LogP) is 0.370. The molecule has 8 heteroatoms. The zero-order valence-corrected chi connectivity index (χ0v) is 15.0. The van der Waals surface area contributed by atoms with Crippen molar-refractivity contribution in [3.63, 3.8) is 0 Å². The molecule has 0 atom stereocenters. The summed E-state index contributed by atoms with van der Waals surface area (Å²) in [5.41, 5.74) is 2.16. The summed E-state index contributed by atoms with van der Waals surface area (Å²) in [6.45, 7) is 5.20. The monoisotopic (exact) mass is 353 g/mol. The fourth-order valence-corrected chi connectivity index (χ4v) is 3.83. The molecular formula is C16H23N3O4S. The molecule has 1 fully saturated rings. The highest BCUT2D eigenvalue weighted by Crippen LogP contribution is 2.26. The number of anilines is 1. The summed E-state index contributed by atoms with van der Waals surface area (Å²) in [5, 5.41) is 0. The van der Waals surface area contributed by atoms with Crippen molar-refractivity contribution >= 4 is 28.0 Å². The van der Waals surface area contributed by atoms with Crippen molar-refractivity contribution in [3.8, 4) is 0 Å². The van der Waals surface area contributed by atoms with Gasteiger partial charge >= 0.3 is 0 Å². The molecule has 0 aromatic heterocycles. The van der Waals surface area contributed by atoms with Gasteiger partial charge in [0.2, 0.25) is 22.3 Å². The Labute approximate surface area is 142 Å². The van der Waals surface area contributed by atoms with E-state index in [0.717, 1.165) is 23.8 Å². The predicted molar refractivity (Wildman–Crippen MR) is 92.3 cm³/mol. The molecule has 0 spiro atoms. The minimum Gasteiger partial charge on any atom is -0.342 e. The molecule has 0 saturated carbocycles. The van der Waals surface area contributed by atoms with Crippen LogP contribution < -0.4 is 4.31 Å². The number of nitrogens with zero attached hydrogens (tertiary/aromatic N) is 3. The molecule has 1 aromatic rings. The molecule has 0 radical (unpaired) electrons. The van der Waals surface area contributed by atoms with Crippen LogP contribution in [0.3, 0.4) is 0 Å². The topological polar surface area (TPSA) is 78.0 Å². The Kier molecular flexibility index (Phi) is 5.48. The van der Waals surface area contributed by atoms with Gasteiger partial charge in [0.05, 0.1) is 11.9 Å². The van der Waals surface area contributed by atoms with Crippen LogP contribution in [0.25, 0.3) is 0 Å². The molecule has 0 aliphatic carbocycles. The molecule has 1 aliphatic rings. The minimum absolute atomic E-state index is 0.231. The van der Waals surface area contributed by atoms with Gasteiger partial charge in [-0.3, -0.25) is 13.9 Å². The number of hydrogen-bond acceptors (Lipinski definition) is 4. The molecule has 1 heterocycles. The number of piperazine rings is 1. The molecule has 0 unspecified atom stereocenters. The van der Waals surface area contributed by atoms with E-state index >= 15 is 0 Å². The first-order chi connectivity index (χ1) is 11.2. The molecule has 1 saturated heterocycles. The molecule has 1 aliphatic heterocycles. The van der Waals surface area contributed by atoms with Crippen LogP contribution in [-0.2, 0) is 19.6 Å². The average Bonchev–Trinajstić information content (AvgIpc) is 2.52. The number of carbonyl (C=O) groups excluding carboxylic acids is 2. The Morgan fingerprint density at radius 2 is 1.71 bits per heavy atom. The normalized spacial score (nSPS) is 15.3. The quantitative estimate of drug-likeness (QED) is 0.717. The van der Waals surface area contributed by atoms with Crippen molar-refractivity contribution < 1.29 is 18.0 Å². The summed E-state index contributed by atoms with van der Waals surface area (Å²) in [4.78, 5) is 26.5. The number of amides is 2. The van der Waals surface area contributed by atoms with E-state index in [4.69, 9.17) is 0 Å². The maximum atomic E-state index is 12.6. The highest BCUT2D eigenvalue weighted by Gasteiger charge is 2.27. The number of rotatable bonds is 5. The Balaban J connectivity index is 2.22. The average molecular weight is 353 g/mol. The number of sulfonamides is 1. The zero-order chi connectivity index (χ0) is 17.9. The van der Waals surface area contributed by atoms with Gasteiger partial charge in [0.1, 0.15) is 6.54 Å². The summed E-state index contributed by atoms with van der Waals surface area (Å²) < 4.78 is 25.7. The Morgan fingerprint density at radius 3 is 2.17 bits per heavy atom. The second-order valence-corrected chi connectivity index (χ2v) is 7.94. The third-order valence-electron chi connectivity index (χ3n) is 4.18. The largest absolute Gasteiger partial charge is 0.342 e. The summed E-state index contributed by atoms with van der Waals surface area (Å²) in [6, 6.07) is 5.51. The highest BCUT2D eigenvalue weighted by atomic mass is 32.2. The van der Waals surface area contributed by atoms with E-state index in [9.17, 15) is 18.0 Å². The van der Waals surface area contributed by atoms with E-state index in [1.165, 1.54) is 4.31 Å². The van der Waals surface area contributed by atoms with Gasteiger partial charge in [0.15, 0.2) is 0 Å². The van der Waals surface area contributed by atoms with Crippen molar-refractivity contribution in [3.05, 3.63) is 29.3 Å². The molecule has 24 heavy (non-hydrogen) atoms. The Hall–Kier alpha value is -2.09. The number of para-hydroxylation sites is 1. The zero-order valence-electron chi connectivity index (χ0n) is 14.2. The molecule has 0 bridgehead atoms. The van der Waals surface area contributed by atoms with E-state index in [0.29, 0.717) is 31.9 Å². The van der Waals surface area contributed by atoms with E-state index in [-0.39, 0.29) is 12.5 Å². The fourth-order valence-electron chi connectivity index (χ4n) is 2.86. The van der Waals surface area contributed by atoms with Gasteiger partial charge in [0, 0.05) is 26.2 Å². The van der Waals surface area contributed by atoms with Crippen LogP contribution in [-0.4, -0.2) is 69.5 Å². The smallest absolute Gasteiger partial charge is 0.243 e. The third kappa shape index (κ3) is 4.05. The first kappa shape index (κ1) is 18.3. The number of hydrogen-bond donors (Lipinski definition) is 0. The maximum Gasteiger partial charge on any atom is 0.243 e. The SMILES string of the molecule is Cc1cccc(C)c1N(CC(=O)N1CCN(C=O)CC1)S(C)(=O)=O. The van der Waals surface area contributed by atoms with Gasteiger partial charge in [-0.25, -0.2) is 8.42 Å². The van der Waals surface area contributed by atoms with Crippen molar-refractivity contribution in [2.24, 2.45) is 0 Å². The number of aryl methyl sites for hydroxylation is 2. The van der Waals surface area contributed by atoms with Crippen molar-refractivity contribution in [2.45, 2.75) is 13.8 Å². The van der Waals surface area contributed by atoms with Gasteiger partial charge < -0.3 is 9.80 Å². The third-order valence-corrected chi connectivity index (χ3v) is 5.30. The fraction of sp³-hybridized carbons (Fsp3) is 0.500. The van der Waals surface area contributed by atoms with E-state index < -0.39 is 10.0 Å². The van der Waals surface area contributed by atoms with E-state index in [1.807, 2.05) is 32.0 Å². The molecule has 2 rings (SSSR count). The van der Waals surface area contributed by atoms with Crippen LogP contribution in [0.2, 0.25) is 0 Å². The first-order valence-electron chi connectivity index (χ1n) is 7.75. The standard InChI is InChI=1S/C16H23N3O4S/c1-13-5-4-6-14(2)16(13)19(24(3,22)23)11-15(21)18-9-7-17(12-20)8-10-18/h4-6,12H,7-11H2,1-3H3. The summed E-state index contributed by atoms with van der Waals surface area (Å²) in [5.74, 6) is -0.256. The van der Waals surface area contributed by atoms with E-state index in [1.54, 1.807) is 9.80 Å². The van der Waals surface area contributed by atoms with Crippen molar-refractivity contribution in [1.82, 2.24) is 9.80 Å². The molecule has 2 amide bonds. The molecular weight excluding hydrogens is 330 g/mol. The number of benzene rings is 1. The summed E-state index contributed by atoms with van der Waals surface area (Å²) in [6.07, 6.45) is 1.87. The van der Waals surface area contributed by atoms with Crippen LogP contribution in [0.4, 0.5) is 5.69 Å². The molecule has 1 aromatic carbocycles. The maximum absolute atomic E-state index is 12.6. The van der Waals surface area contributed by atoms with Crippen LogP contribution >= 0.6 is 0 Å². The van der Waals surface area contributed by atoms with Crippen LogP contribution in [0.15, 0.2) is 18.2 Å². The van der Waals surface area contributed by atoms with Gasteiger partial charge in [-0.05, 0) is 25.0 Å². The first-order valence-corrected chi connectivity index (χ1v) is 9.60. The Morgan fingerprint density at radius 1 is 1.17 bits per heavy atom. The van der Waals surface area contributed by atoms with E-state index in [2.05, 4.69) is 0 Å². The highest BCUT2D eigenvalue weighted by molar-refractivity contribution is 7.92. The lowest BCUT2D eigenvalue weighted by Gasteiger charge is -2.34. The minimum atomic E-state index is -3.59. The van der Waals surface area contributed by atoms with Crippen molar-refractivity contribution in [1.29, 1.82) is 0 Å². The molecule has 132 valence electrons. The van der Waals surface area contributed by atoms with Gasteiger partial charge in [0.25, 0.3) is 0 Å². The lowest BCUT2D eigenvalue weighted by molar-refractivity contribution is -0.133. The van der Waals surface area contributed by atoms with Gasteiger partial charge in [-0.15, -0.1) is 0 Å². The summed E-state index contributed by atoms with van der Waals surface area (Å²) >= 11 is 0. The second kappa shape index (κ2) is 7.21.